The second-order valence-electron chi connectivity index (χ2n) is 6.91. The molecular formula is C24H16BrClN2O4. The van der Waals surface area contributed by atoms with Gasteiger partial charge in [0.05, 0.1) is 18.6 Å². The largest absolute Gasteiger partial charge is 0.496 e. The second kappa shape index (κ2) is 8.95. The zero-order valence-corrected chi connectivity index (χ0v) is 19.1. The fraction of sp³-hybridized carbons (Fsp3) is 0.0833. The molecule has 1 aliphatic heterocycles. The van der Waals surface area contributed by atoms with Crippen molar-refractivity contribution in [3.05, 3.63) is 98.3 Å². The summed E-state index contributed by atoms with van der Waals surface area (Å²) >= 11 is 9.42. The fourth-order valence-corrected chi connectivity index (χ4v) is 4.10. The monoisotopic (exact) mass is 510 g/mol. The highest BCUT2D eigenvalue weighted by Gasteiger charge is 2.33. The molecule has 0 aliphatic carbocycles. The van der Waals surface area contributed by atoms with Crippen LogP contribution in [0.5, 0.6) is 17.2 Å². The van der Waals surface area contributed by atoms with Crippen molar-refractivity contribution in [1.82, 2.24) is 0 Å². The molecule has 1 aliphatic rings. The number of nitrogens with zero attached hydrogens (tertiary/aromatic N) is 1. The van der Waals surface area contributed by atoms with Crippen LogP contribution in [-0.4, -0.2) is 13.1 Å². The number of allylic oxidation sites excluding steroid dienone is 1. The number of rotatable bonds is 4. The number of fused-ring (bicyclic) bond motifs is 1. The predicted octanol–water partition coefficient (Wildman–Crippen LogP) is 5.55. The number of methoxy groups -OCH3 is 1. The highest BCUT2D eigenvalue weighted by molar-refractivity contribution is 9.10. The first-order valence-corrected chi connectivity index (χ1v) is 10.6. The normalized spacial score (nSPS) is 14.8. The number of carbonyl (C=O) groups is 1. The van der Waals surface area contributed by atoms with Gasteiger partial charge in [0.1, 0.15) is 28.9 Å². The van der Waals surface area contributed by atoms with Crippen LogP contribution in [0, 0.1) is 11.3 Å². The van der Waals surface area contributed by atoms with E-state index in [0.29, 0.717) is 27.6 Å². The number of benzene rings is 3. The molecule has 0 bridgehead atoms. The van der Waals surface area contributed by atoms with Crippen LogP contribution in [0.1, 0.15) is 27.4 Å². The van der Waals surface area contributed by atoms with E-state index >= 15 is 0 Å². The van der Waals surface area contributed by atoms with E-state index in [1.165, 1.54) is 6.07 Å². The highest BCUT2D eigenvalue weighted by Crippen LogP contribution is 2.46. The average Bonchev–Trinajstić information content (AvgIpc) is 2.78. The van der Waals surface area contributed by atoms with Crippen LogP contribution in [0.25, 0.3) is 0 Å². The molecule has 0 saturated heterocycles. The van der Waals surface area contributed by atoms with Gasteiger partial charge < -0.3 is 19.9 Å². The Morgan fingerprint density at radius 1 is 1.16 bits per heavy atom. The Morgan fingerprint density at radius 2 is 1.97 bits per heavy atom. The van der Waals surface area contributed by atoms with Crippen LogP contribution in [0.4, 0.5) is 0 Å². The van der Waals surface area contributed by atoms with E-state index in [4.69, 9.17) is 31.5 Å². The molecule has 0 fully saturated rings. The van der Waals surface area contributed by atoms with E-state index in [9.17, 15) is 10.1 Å². The fourth-order valence-electron chi connectivity index (χ4n) is 3.53. The third-order valence-corrected chi connectivity index (χ3v) is 5.69. The first-order valence-electron chi connectivity index (χ1n) is 9.44. The second-order valence-corrected chi connectivity index (χ2v) is 8.26. The smallest absolute Gasteiger partial charge is 0.343 e. The van der Waals surface area contributed by atoms with E-state index in [-0.39, 0.29) is 17.2 Å². The maximum Gasteiger partial charge on any atom is 0.343 e. The lowest BCUT2D eigenvalue weighted by Crippen LogP contribution is -2.21. The molecule has 1 heterocycles. The Labute approximate surface area is 197 Å². The molecule has 0 saturated carbocycles. The van der Waals surface area contributed by atoms with Crippen LogP contribution in [-0.2, 0) is 0 Å². The minimum absolute atomic E-state index is 0.0228. The molecular weight excluding hydrogens is 496 g/mol. The number of hydrogen-bond acceptors (Lipinski definition) is 6. The van der Waals surface area contributed by atoms with E-state index < -0.39 is 11.9 Å². The summed E-state index contributed by atoms with van der Waals surface area (Å²) < 4.78 is 17.5. The van der Waals surface area contributed by atoms with Gasteiger partial charge in [0, 0.05) is 26.7 Å². The Kier molecular flexibility index (Phi) is 6.08. The molecule has 2 N–H and O–H groups in total. The van der Waals surface area contributed by atoms with E-state index in [1.807, 2.05) is 12.1 Å². The van der Waals surface area contributed by atoms with Gasteiger partial charge in [-0.25, -0.2) is 4.79 Å². The van der Waals surface area contributed by atoms with Gasteiger partial charge in [-0.3, -0.25) is 0 Å². The standard InChI is InChI=1S/C24H16BrClN2O4/c1-30-20-8-5-14(25)10-18(20)22-17-7-6-16(11-21(17)32-23(28)19(22)12-27)31-24(29)13-3-2-4-15(26)9-13/h2-11,22H,28H2,1H3. The summed E-state index contributed by atoms with van der Waals surface area (Å²) in [5, 5.41) is 10.2. The summed E-state index contributed by atoms with van der Waals surface area (Å²) in [5.74, 6) is 0.142. The number of nitrogens with two attached hydrogens (primary N) is 1. The molecule has 0 aromatic heterocycles. The van der Waals surface area contributed by atoms with E-state index in [0.717, 1.165) is 10.0 Å². The molecule has 3 aromatic carbocycles. The maximum atomic E-state index is 12.5. The summed E-state index contributed by atoms with van der Waals surface area (Å²) in [6.07, 6.45) is 0. The number of esters is 1. The predicted molar refractivity (Wildman–Crippen MR) is 123 cm³/mol. The first-order chi connectivity index (χ1) is 15.4. The van der Waals surface area contributed by atoms with Gasteiger partial charge in [0.25, 0.3) is 0 Å². The quantitative estimate of drug-likeness (QED) is 0.365. The van der Waals surface area contributed by atoms with Gasteiger partial charge in [0.15, 0.2) is 0 Å². The van der Waals surface area contributed by atoms with Crippen LogP contribution in [0.2, 0.25) is 5.02 Å². The number of nitriles is 1. The molecule has 1 unspecified atom stereocenters. The van der Waals surface area contributed by atoms with E-state index in [2.05, 4.69) is 22.0 Å². The number of hydrogen-bond donors (Lipinski definition) is 1. The molecule has 160 valence electrons. The number of halogens is 2. The van der Waals surface area contributed by atoms with E-state index in [1.54, 1.807) is 49.6 Å². The molecule has 6 nitrogen and oxygen atoms in total. The van der Waals surface area contributed by atoms with Crippen molar-refractivity contribution < 1.29 is 19.0 Å². The van der Waals surface area contributed by atoms with Crippen LogP contribution >= 0.6 is 27.5 Å². The third kappa shape index (κ3) is 4.15. The van der Waals surface area contributed by atoms with Crippen LogP contribution < -0.4 is 19.9 Å². The lowest BCUT2D eigenvalue weighted by molar-refractivity contribution is 0.0734. The van der Waals surface area contributed by atoms with Gasteiger partial charge in [-0.2, -0.15) is 5.26 Å². The summed E-state index contributed by atoms with van der Waals surface area (Å²) in [5.41, 5.74) is 8.10. The minimum Gasteiger partial charge on any atom is -0.496 e. The molecule has 0 amide bonds. The SMILES string of the molecule is COc1ccc(Br)cc1C1C(C#N)=C(N)Oc2cc(OC(=O)c3cccc(Cl)c3)ccc21. The van der Waals surface area contributed by atoms with Crippen molar-refractivity contribution in [1.29, 1.82) is 5.26 Å². The molecule has 1 atom stereocenters. The van der Waals surface area contributed by atoms with Gasteiger partial charge in [0.2, 0.25) is 5.88 Å². The van der Waals surface area contributed by atoms with Gasteiger partial charge in [-0.15, -0.1) is 0 Å². The number of carbonyl (C=O) groups excluding carboxylic acids is 1. The topological polar surface area (TPSA) is 94.6 Å². The molecule has 32 heavy (non-hydrogen) atoms. The summed E-state index contributed by atoms with van der Waals surface area (Å²) in [6, 6.07) is 19.1. The summed E-state index contributed by atoms with van der Waals surface area (Å²) in [4.78, 5) is 12.5. The molecule has 0 spiro atoms. The van der Waals surface area contributed by atoms with Crippen molar-refractivity contribution >= 4 is 33.5 Å². The minimum atomic E-state index is -0.560. The van der Waals surface area contributed by atoms with Crippen molar-refractivity contribution in [2.45, 2.75) is 5.92 Å². The lowest BCUT2D eigenvalue weighted by atomic mass is 9.83. The lowest BCUT2D eigenvalue weighted by Gasteiger charge is -2.27. The van der Waals surface area contributed by atoms with Crippen molar-refractivity contribution in [2.24, 2.45) is 5.73 Å². The van der Waals surface area contributed by atoms with Gasteiger partial charge >= 0.3 is 5.97 Å². The third-order valence-electron chi connectivity index (χ3n) is 4.96. The van der Waals surface area contributed by atoms with Gasteiger partial charge in [-0.05, 0) is 42.5 Å². The van der Waals surface area contributed by atoms with Gasteiger partial charge in [-0.1, -0.05) is 39.7 Å². The Morgan fingerprint density at radius 3 is 2.69 bits per heavy atom. The van der Waals surface area contributed by atoms with Crippen molar-refractivity contribution in [3.63, 3.8) is 0 Å². The molecule has 0 radical (unpaired) electrons. The highest BCUT2D eigenvalue weighted by atomic mass is 79.9. The Bertz CT molecular complexity index is 1300. The van der Waals surface area contributed by atoms with Crippen molar-refractivity contribution in [3.8, 4) is 23.3 Å². The summed E-state index contributed by atoms with van der Waals surface area (Å²) in [6.45, 7) is 0. The Hall–Kier alpha value is -3.47. The number of ether oxygens (including phenoxy) is 3. The van der Waals surface area contributed by atoms with Crippen LogP contribution in [0.15, 0.2) is 76.6 Å². The first kappa shape index (κ1) is 21.8. The molecule has 8 heteroatoms. The average molecular weight is 512 g/mol. The summed E-state index contributed by atoms with van der Waals surface area (Å²) in [7, 11) is 1.56. The maximum absolute atomic E-state index is 12.5. The molecule has 4 rings (SSSR count). The van der Waals surface area contributed by atoms with Crippen molar-refractivity contribution in [2.75, 3.05) is 7.11 Å². The zero-order valence-electron chi connectivity index (χ0n) is 16.8. The zero-order chi connectivity index (χ0) is 22.8. The Balaban J connectivity index is 1.74. The van der Waals surface area contributed by atoms with Crippen LogP contribution in [0.3, 0.4) is 0 Å². The molecule has 3 aromatic rings.